The van der Waals surface area contributed by atoms with Crippen LogP contribution in [0.3, 0.4) is 0 Å². The van der Waals surface area contributed by atoms with E-state index < -0.39 is 61.4 Å². The molecule has 0 aromatic heterocycles. The molecule has 25 heavy (non-hydrogen) atoms. The van der Waals surface area contributed by atoms with Crippen molar-refractivity contribution in [3.8, 4) is 0 Å². The van der Waals surface area contributed by atoms with Gasteiger partial charge >= 0.3 is 30.4 Å². The third-order valence-corrected chi connectivity index (χ3v) is 3.29. The fourth-order valence-corrected chi connectivity index (χ4v) is 1.95. The first-order chi connectivity index (χ1) is 10.7. The molecule has 0 saturated heterocycles. The molecule has 0 radical (unpaired) electrons. The molecule has 0 aromatic rings. The summed E-state index contributed by atoms with van der Waals surface area (Å²) in [6.07, 6.45) is -33.8. The highest BCUT2D eigenvalue weighted by atomic mass is 19.4. The van der Waals surface area contributed by atoms with Gasteiger partial charge in [0.2, 0.25) is 0 Å². The van der Waals surface area contributed by atoms with Crippen LogP contribution in [-0.4, -0.2) is 47.8 Å². The van der Waals surface area contributed by atoms with Crippen molar-refractivity contribution in [2.24, 2.45) is 5.92 Å². The Labute approximate surface area is 129 Å². The highest BCUT2D eigenvalue weighted by molar-refractivity contribution is 5.05. The zero-order valence-electron chi connectivity index (χ0n) is 11.4. The first-order valence-corrected chi connectivity index (χ1v) is 5.92. The summed E-state index contributed by atoms with van der Waals surface area (Å²) in [5.41, 5.74) is -13.2. The lowest BCUT2D eigenvalue weighted by molar-refractivity contribution is -0.380. The Morgan fingerprint density at radius 1 is 0.560 bits per heavy atom. The second-order valence-corrected chi connectivity index (χ2v) is 4.92. The van der Waals surface area contributed by atoms with Gasteiger partial charge in [0.25, 0.3) is 5.67 Å². The molecule has 0 aliphatic heterocycles. The Morgan fingerprint density at radius 3 is 1.08 bits per heavy atom. The zero-order valence-corrected chi connectivity index (χ0v) is 11.4. The molecule has 1 atom stereocenters. The molecule has 15 heteroatoms. The van der Waals surface area contributed by atoms with E-state index in [1.165, 1.54) is 0 Å². The lowest BCUT2D eigenvalue weighted by Gasteiger charge is -2.40. The van der Waals surface area contributed by atoms with Crippen LogP contribution in [0.5, 0.6) is 0 Å². The molecule has 0 rings (SSSR count). The normalized spacial score (nSPS) is 16.9. The average Bonchev–Trinajstić information content (AvgIpc) is 2.31. The van der Waals surface area contributed by atoms with Gasteiger partial charge in [-0.2, -0.15) is 52.7 Å². The summed E-state index contributed by atoms with van der Waals surface area (Å²) < 4.78 is 176. The number of halogens is 14. The minimum Gasteiger partial charge on any atom is -0.396 e. The minimum absolute atomic E-state index is 1.87. The third kappa shape index (κ3) is 4.22. The summed E-state index contributed by atoms with van der Waals surface area (Å²) in [6.45, 7) is -1.87. The monoisotopic (exact) mass is 410 g/mol. The topological polar surface area (TPSA) is 20.2 Å². The quantitative estimate of drug-likeness (QED) is 0.630. The van der Waals surface area contributed by atoms with Gasteiger partial charge in [-0.25, -0.2) is 8.78 Å². The molecular formula is C10H8F14O. The summed E-state index contributed by atoms with van der Waals surface area (Å²) in [6, 6.07) is 0. The molecule has 0 fully saturated rings. The van der Waals surface area contributed by atoms with Crippen LogP contribution in [0, 0.1) is 5.92 Å². The predicted octanol–water partition coefficient (Wildman–Crippen LogP) is 5.04. The molecule has 0 heterocycles. The van der Waals surface area contributed by atoms with Gasteiger partial charge in [-0.05, 0) is 6.42 Å². The smallest absolute Gasteiger partial charge is 0.396 e. The molecular weight excluding hydrogens is 402 g/mol. The van der Waals surface area contributed by atoms with Crippen LogP contribution in [0.4, 0.5) is 61.5 Å². The van der Waals surface area contributed by atoms with Crippen molar-refractivity contribution in [3.05, 3.63) is 0 Å². The van der Waals surface area contributed by atoms with Crippen molar-refractivity contribution in [3.63, 3.8) is 0 Å². The number of rotatable bonds is 5. The zero-order chi connectivity index (χ0) is 20.7. The Bertz CT molecular complexity index is 412. The van der Waals surface area contributed by atoms with Gasteiger partial charge in [-0.3, -0.25) is 0 Å². The summed E-state index contributed by atoms with van der Waals surface area (Å²) >= 11 is 0. The fourth-order valence-electron chi connectivity index (χ4n) is 1.95. The van der Waals surface area contributed by atoms with Gasteiger partial charge in [0, 0.05) is 18.9 Å². The molecule has 0 bridgehead atoms. The largest absolute Gasteiger partial charge is 0.431 e. The second-order valence-electron chi connectivity index (χ2n) is 4.92. The van der Waals surface area contributed by atoms with Crippen LogP contribution >= 0.6 is 0 Å². The SMILES string of the molecule is OCCC(CC(F)(C(F)(F)F)C(F)(F)F)C(F)(C(F)(F)F)C(F)(F)F. The van der Waals surface area contributed by atoms with Crippen LogP contribution in [-0.2, 0) is 0 Å². The van der Waals surface area contributed by atoms with E-state index in [0.29, 0.717) is 0 Å². The minimum atomic E-state index is -7.02. The van der Waals surface area contributed by atoms with Crippen molar-refractivity contribution < 1.29 is 66.6 Å². The van der Waals surface area contributed by atoms with E-state index in [9.17, 15) is 61.5 Å². The van der Waals surface area contributed by atoms with Gasteiger partial charge < -0.3 is 5.11 Å². The summed E-state index contributed by atoms with van der Waals surface area (Å²) in [7, 11) is 0. The van der Waals surface area contributed by atoms with Crippen molar-refractivity contribution in [2.75, 3.05) is 6.61 Å². The molecule has 0 aromatic carbocycles. The van der Waals surface area contributed by atoms with E-state index in [4.69, 9.17) is 5.11 Å². The number of hydrogen-bond donors (Lipinski definition) is 1. The lowest BCUT2D eigenvalue weighted by atomic mass is 9.77. The molecule has 0 aliphatic rings. The van der Waals surface area contributed by atoms with Crippen molar-refractivity contribution in [1.29, 1.82) is 0 Å². The highest BCUT2D eigenvalue weighted by Gasteiger charge is 2.80. The van der Waals surface area contributed by atoms with Crippen molar-refractivity contribution in [1.82, 2.24) is 0 Å². The van der Waals surface area contributed by atoms with E-state index in [-0.39, 0.29) is 0 Å². The molecule has 1 nitrogen and oxygen atoms in total. The van der Waals surface area contributed by atoms with Crippen LogP contribution in [0.2, 0.25) is 0 Å². The van der Waals surface area contributed by atoms with Crippen molar-refractivity contribution >= 4 is 0 Å². The maximum Gasteiger partial charge on any atom is 0.431 e. The van der Waals surface area contributed by atoms with Gasteiger partial charge in [0.15, 0.2) is 0 Å². The standard InChI is InChI=1S/C10H8F14O/c11-5(7(13,14)15,8(16,17)18)3-4(1-2-25)6(12,9(19,20)21)10(22,23)24/h4,25H,1-3H2. The van der Waals surface area contributed by atoms with Crippen molar-refractivity contribution in [2.45, 2.75) is 48.9 Å². The number of aliphatic hydroxyl groups excluding tert-OH is 1. The Morgan fingerprint density at radius 2 is 0.880 bits per heavy atom. The maximum atomic E-state index is 13.7. The Balaban J connectivity index is 6.39. The van der Waals surface area contributed by atoms with Crippen LogP contribution < -0.4 is 0 Å². The number of aliphatic hydroxyl groups is 1. The number of hydrogen-bond acceptors (Lipinski definition) is 1. The summed E-state index contributed by atoms with van der Waals surface area (Å²) in [4.78, 5) is 0. The molecule has 152 valence electrons. The van der Waals surface area contributed by atoms with E-state index in [1.54, 1.807) is 0 Å². The molecule has 0 saturated carbocycles. The molecule has 1 N–H and O–H groups in total. The van der Waals surface area contributed by atoms with E-state index in [0.717, 1.165) is 0 Å². The molecule has 1 unspecified atom stereocenters. The highest BCUT2D eigenvalue weighted by Crippen LogP contribution is 2.57. The van der Waals surface area contributed by atoms with Gasteiger partial charge in [-0.1, -0.05) is 0 Å². The molecule has 0 aliphatic carbocycles. The van der Waals surface area contributed by atoms with Gasteiger partial charge in [0.05, 0.1) is 0 Å². The second kappa shape index (κ2) is 6.61. The van der Waals surface area contributed by atoms with Crippen LogP contribution in [0.25, 0.3) is 0 Å². The maximum absolute atomic E-state index is 13.7. The van der Waals surface area contributed by atoms with E-state index in [1.807, 2.05) is 0 Å². The Kier molecular flexibility index (Phi) is 6.34. The average molecular weight is 410 g/mol. The summed E-state index contributed by atoms with van der Waals surface area (Å²) in [5, 5.41) is 8.35. The molecule has 0 amide bonds. The van der Waals surface area contributed by atoms with E-state index in [2.05, 4.69) is 0 Å². The van der Waals surface area contributed by atoms with Crippen LogP contribution in [0.15, 0.2) is 0 Å². The van der Waals surface area contributed by atoms with Crippen LogP contribution in [0.1, 0.15) is 12.8 Å². The van der Waals surface area contributed by atoms with Gasteiger partial charge in [-0.15, -0.1) is 0 Å². The van der Waals surface area contributed by atoms with E-state index >= 15 is 0 Å². The number of alkyl halides is 14. The first-order valence-electron chi connectivity index (χ1n) is 5.92. The fraction of sp³-hybridized carbons (Fsp3) is 1.00. The summed E-state index contributed by atoms with van der Waals surface area (Å²) in [5.74, 6) is -4.26. The third-order valence-electron chi connectivity index (χ3n) is 3.29. The lowest BCUT2D eigenvalue weighted by Crippen LogP contribution is -2.62. The Hall–Kier alpha value is -1.02. The molecule has 0 spiro atoms. The van der Waals surface area contributed by atoms with Gasteiger partial charge in [0.1, 0.15) is 0 Å². The first kappa shape index (κ1) is 24.0. The predicted molar refractivity (Wildman–Crippen MR) is 51.7 cm³/mol.